The zero-order valence-corrected chi connectivity index (χ0v) is 13.5. The molecule has 9 heteroatoms. The van der Waals surface area contributed by atoms with Crippen molar-refractivity contribution in [3.63, 3.8) is 0 Å². The molecule has 0 spiro atoms. The summed E-state index contributed by atoms with van der Waals surface area (Å²) in [6.45, 7) is 5.18. The highest BCUT2D eigenvalue weighted by Gasteiger charge is 2.31. The van der Waals surface area contributed by atoms with E-state index in [9.17, 15) is 20.2 Å². The van der Waals surface area contributed by atoms with Crippen LogP contribution in [0.2, 0.25) is 0 Å². The first-order chi connectivity index (χ1) is 10.9. The molecule has 1 aromatic carbocycles. The predicted molar refractivity (Wildman–Crippen MR) is 85.3 cm³/mol. The van der Waals surface area contributed by atoms with Gasteiger partial charge >= 0.3 is 11.4 Å². The van der Waals surface area contributed by atoms with Gasteiger partial charge in [0.15, 0.2) is 5.69 Å². The molecule has 0 bridgehead atoms. The fraction of sp³-hybridized carbons (Fsp3) is 0.500. The van der Waals surface area contributed by atoms with Gasteiger partial charge in [0, 0.05) is 24.8 Å². The molecule has 0 aliphatic rings. The highest BCUT2D eigenvalue weighted by molar-refractivity contribution is 5.79. The molecule has 0 saturated carbocycles. The maximum Gasteiger partial charge on any atom is 0.303 e. The lowest BCUT2D eigenvalue weighted by atomic mass is 10.0. The second kappa shape index (κ2) is 9.32. The first kappa shape index (κ1) is 20.3. The smallest absolute Gasteiger partial charge is 0.303 e. The van der Waals surface area contributed by atoms with Gasteiger partial charge in [-0.25, -0.2) is 0 Å². The van der Waals surface area contributed by atoms with Crippen LogP contribution < -0.4 is 5.32 Å². The van der Waals surface area contributed by atoms with E-state index in [4.69, 9.17) is 10.4 Å². The zero-order chi connectivity index (χ0) is 18.2. The summed E-state index contributed by atoms with van der Waals surface area (Å²) in [5, 5.41) is 41.3. The van der Waals surface area contributed by atoms with Crippen LogP contribution in [0.5, 0.6) is 0 Å². The van der Waals surface area contributed by atoms with E-state index < -0.39 is 21.2 Å². The lowest BCUT2D eigenvalue weighted by molar-refractivity contribution is -0.392. The standard InChI is InChI=1S/C13H16N4O4.CH4O/c1-4-10(5-2)15-12-11(16(18)19)6-9(7-14)8(3)13(12)17(20)21;1-2/h6,10,15H,4-5H2,1-3H3;2H,1H3. The van der Waals surface area contributed by atoms with E-state index in [-0.39, 0.29) is 22.9 Å². The van der Waals surface area contributed by atoms with E-state index in [0.717, 1.165) is 13.2 Å². The van der Waals surface area contributed by atoms with Crippen molar-refractivity contribution in [3.8, 4) is 6.07 Å². The van der Waals surface area contributed by atoms with Gasteiger partial charge in [-0.1, -0.05) is 13.8 Å². The molecule has 0 unspecified atom stereocenters. The van der Waals surface area contributed by atoms with Crippen LogP contribution in [-0.2, 0) is 0 Å². The Bertz CT molecular complexity index is 621. The summed E-state index contributed by atoms with van der Waals surface area (Å²) >= 11 is 0. The molecular formula is C14H20N4O5. The zero-order valence-electron chi connectivity index (χ0n) is 13.5. The van der Waals surface area contributed by atoms with Crippen molar-refractivity contribution in [1.29, 1.82) is 5.26 Å². The minimum Gasteiger partial charge on any atom is -0.400 e. The average Bonchev–Trinajstić information content (AvgIpc) is 2.53. The van der Waals surface area contributed by atoms with Crippen LogP contribution in [0, 0.1) is 38.5 Å². The van der Waals surface area contributed by atoms with E-state index in [2.05, 4.69) is 5.32 Å². The van der Waals surface area contributed by atoms with Gasteiger partial charge in [0.1, 0.15) is 0 Å². The summed E-state index contributed by atoms with van der Waals surface area (Å²) in [6.07, 6.45) is 1.34. The number of hydrogen-bond acceptors (Lipinski definition) is 7. The number of nitro groups is 2. The van der Waals surface area contributed by atoms with Crippen molar-refractivity contribution >= 4 is 17.1 Å². The average molecular weight is 324 g/mol. The number of nitrogens with one attached hydrogen (secondary N) is 1. The number of nitrogens with zero attached hydrogens (tertiary/aromatic N) is 3. The van der Waals surface area contributed by atoms with E-state index in [1.54, 1.807) is 6.07 Å². The summed E-state index contributed by atoms with van der Waals surface area (Å²) in [7, 11) is 1.00. The van der Waals surface area contributed by atoms with Crippen molar-refractivity contribution in [2.45, 2.75) is 39.7 Å². The number of nitriles is 1. The summed E-state index contributed by atoms with van der Waals surface area (Å²) < 4.78 is 0. The Morgan fingerprint density at radius 2 is 1.78 bits per heavy atom. The fourth-order valence-corrected chi connectivity index (χ4v) is 2.08. The number of aliphatic hydroxyl groups is 1. The second-order valence-corrected chi connectivity index (χ2v) is 4.58. The van der Waals surface area contributed by atoms with Gasteiger partial charge in [-0.05, 0) is 19.8 Å². The molecule has 23 heavy (non-hydrogen) atoms. The van der Waals surface area contributed by atoms with Gasteiger partial charge in [-0.15, -0.1) is 0 Å². The Balaban J connectivity index is 0.00000232. The van der Waals surface area contributed by atoms with Crippen molar-refractivity contribution in [3.05, 3.63) is 37.4 Å². The van der Waals surface area contributed by atoms with E-state index >= 15 is 0 Å². The monoisotopic (exact) mass is 324 g/mol. The van der Waals surface area contributed by atoms with E-state index in [1.165, 1.54) is 6.92 Å². The Morgan fingerprint density at radius 3 is 2.13 bits per heavy atom. The van der Waals surface area contributed by atoms with Crippen LogP contribution >= 0.6 is 0 Å². The number of benzene rings is 1. The third-order valence-corrected chi connectivity index (χ3v) is 3.37. The summed E-state index contributed by atoms with van der Waals surface area (Å²) in [4.78, 5) is 21.0. The van der Waals surface area contributed by atoms with E-state index in [0.29, 0.717) is 12.8 Å². The molecule has 0 atom stereocenters. The van der Waals surface area contributed by atoms with Crippen LogP contribution in [0.1, 0.15) is 37.8 Å². The molecular weight excluding hydrogens is 304 g/mol. The van der Waals surface area contributed by atoms with Gasteiger partial charge in [0.25, 0.3) is 0 Å². The quantitative estimate of drug-likeness (QED) is 0.605. The van der Waals surface area contributed by atoms with Gasteiger partial charge in [-0.2, -0.15) is 5.26 Å². The Labute approximate surface area is 133 Å². The second-order valence-electron chi connectivity index (χ2n) is 4.58. The third-order valence-electron chi connectivity index (χ3n) is 3.37. The normalized spacial score (nSPS) is 9.61. The van der Waals surface area contributed by atoms with Crippen LogP contribution in [0.3, 0.4) is 0 Å². The number of hydrogen-bond donors (Lipinski definition) is 2. The first-order valence-electron chi connectivity index (χ1n) is 6.95. The van der Waals surface area contributed by atoms with Crippen molar-refractivity contribution < 1.29 is 15.0 Å². The Morgan fingerprint density at radius 1 is 1.26 bits per heavy atom. The highest BCUT2D eigenvalue weighted by atomic mass is 16.6. The predicted octanol–water partition coefficient (Wildman–Crippen LogP) is 2.89. The molecule has 1 aromatic rings. The summed E-state index contributed by atoms with van der Waals surface area (Å²) in [5.74, 6) is 0. The van der Waals surface area contributed by atoms with Gasteiger partial charge in [-0.3, -0.25) is 20.2 Å². The Hall–Kier alpha value is -2.73. The van der Waals surface area contributed by atoms with Crippen molar-refractivity contribution in [2.75, 3.05) is 12.4 Å². The van der Waals surface area contributed by atoms with Crippen LogP contribution in [0.4, 0.5) is 17.1 Å². The van der Waals surface area contributed by atoms with Crippen LogP contribution in [-0.4, -0.2) is 28.1 Å². The summed E-state index contributed by atoms with van der Waals surface area (Å²) in [5.41, 5.74) is -0.927. The third kappa shape index (κ3) is 4.62. The molecule has 2 N–H and O–H groups in total. The Kier molecular flexibility index (Phi) is 8.21. The molecule has 0 aromatic heterocycles. The topological polar surface area (TPSA) is 142 Å². The number of rotatable bonds is 6. The van der Waals surface area contributed by atoms with Gasteiger partial charge in [0.05, 0.1) is 21.5 Å². The molecule has 0 amide bonds. The van der Waals surface area contributed by atoms with Crippen LogP contribution in [0.25, 0.3) is 0 Å². The van der Waals surface area contributed by atoms with Crippen LogP contribution in [0.15, 0.2) is 6.07 Å². The maximum absolute atomic E-state index is 11.3. The number of aliphatic hydroxyl groups excluding tert-OH is 1. The molecule has 126 valence electrons. The van der Waals surface area contributed by atoms with E-state index in [1.807, 2.05) is 13.8 Å². The molecule has 0 fully saturated rings. The first-order valence-corrected chi connectivity index (χ1v) is 6.95. The number of anilines is 1. The summed E-state index contributed by atoms with van der Waals surface area (Å²) in [6, 6.07) is 2.72. The lowest BCUT2D eigenvalue weighted by Gasteiger charge is -2.17. The largest absolute Gasteiger partial charge is 0.400 e. The maximum atomic E-state index is 11.3. The fourth-order valence-electron chi connectivity index (χ4n) is 2.08. The minimum absolute atomic E-state index is 0.0662. The molecule has 0 aliphatic heterocycles. The van der Waals surface area contributed by atoms with Crippen molar-refractivity contribution in [1.82, 2.24) is 0 Å². The molecule has 0 saturated heterocycles. The number of nitro benzene ring substituents is 2. The molecule has 9 nitrogen and oxygen atoms in total. The SMILES string of the molecule is CCC(CC)Nc1c([N+](=O)[O-])cc(C#N)c(C)c1[N+](=O)[O-].CO. The molecule has 0 heterocycles. The highest BCUT2D eigenvalue weighted by Crippen LogP contribution is 2.39. The lowest BCUT2D eigenvalue weighted by Crippen LogP contribution is -2.19. The van der Waals surface area contributed by atoms with Gasteiger partial charge in [0.2, 0.25) is 0 Å². The van der Waals surface area contributed by atoms with Gasteiger partial charge < -0.3 is 10.4 Å². The minimum atomic E-state index is -0.710. The molecule has 1 rings (SSSR count). The van der Waals surface area contributed by atoms with Crippen molar-refractivity contribution in [2.24, 2.45) is 0 Å². The molecule has 0 radical (unpaired) electrons. The molecule has 0 aliphatic carbocycles.